The van der Waals surface area contributed by atoms with E-state index in [0.29, 0.717) is 12.0 Å². The van der Waals surface area contributed by atoms with Crippen LogP contribution >= 0.6 is 11.6 Å². The van der Waals surface area contributed by atoms with E-state index in [1.807, 2.05) is 13.8 Å². The fraction of sp³-hybridized carbons (Fsp3) is 0.348. The van der Waals surface area contributed by atoms with Crippen molar-refractivity contribution in [2.45, 2.75) is 32.7 Å². The number of carbonyl (C=O) groups is 1. The van der Waals surface area contributed by atoms with Gasteiger partial charge in [-0.2, -0.15) is 4.98 Å². The Balaban J connectivity index is 2.32. The number of rotatable bonds is 8. The zero-order valence-electron chi connectivity index (χ0n) is 17.9. The standard InChI is InChI=1S/C23H24ClFN2O5/c1-4-12(2)18(11-28)27-10-16(23(30)31)20(29)15-9-14(22(32-3)26-21(15)27)8-13-6-5-7-17(24)19(13)25/h5-7,9-10,12,18,28H,4,8,11H2,1-3H3,(H,30,31)/t12-,18+/m0/s1. The first kappa shape index (κ1) is 23.7. The van der Waals surface area contributed by atoms with E-state index in [0.717, 1.165) is 0 Å². The number of aromatic nitrogens is 2. The monoisotopic (exact) mass is 462 g/mol. The molecule has 170 valence electrons. The Morgan fingerprint density at radius 3 is 2.66 bits per heavy atom. The highest BCUT2D eigenvalue weighted by atomic mass is 35.5. The molecular formula is C23H24ClFN2O5. The Morgan fingerprint density at radius 1 is 1.34 bits per heavy atom. The van der Waals surface area contributed by atoms with Crippen LogP contribution in [0.5, 0.6) is 5.88 Å². The number of hydrogen-bond donors (Lipinski definition) is 2. The minimum Gasteiger partial charge on any atom is -0.481 e. The molecule has 0 saturated heterocycles. The summed E-state index contributed by atoms with van der Waals surface area (Å²) in [6.45, 7) is 3.59. The largest absolute Gasteiger partial charge is 0.481 e. The third kappa shape index (κ3) is 4.33. The van der Waals surface area contributed by atoms with Crippen molar-refractivity contribution in [1.29, 1.82) is 0 Å². The van der Waals surface area contributed by atoms with Crippen molar-refractivity contribution in [1.82, 2.24) is 9.55 Å². The molecular weight excluding hydrogens is 439 g/mol. The average molecular weight is 463 g/mol. The zero-order valence-corrected chi connectivity index (χ0v) is 18.7. The Hall–Kier alpha value is -2.97. The highest BCUT2D eigenvalue weighted by Gasteiger charge is 2.25. The Kier molecular flexibility index (Phi) is 7.16. The number of benzene rings is 1. The lowest BCUT2D eigenvalue weighted by Gasteiger charge is -2.26. The molecule has 0 aliphatic heterocycles. The molecule has 2 heterocycles. The van der Waals surface area contributed by atoms with Gasteiger partial charge < -0.3 is 19.5 Å². The number of hydrogen-bond acceptors (Lipinski definition) is 5. The zero-order chi connectivity index (χ0) is 23.6. The van der Waals surface area contributed by atoms with Crippen LogP contribution in [0.15, 0.2) is 35.3 Å². The van der Waals surface area contributed by atoms with E-state index < -0.39 is 28.8 Å². The molecule has 0 saturated carbocycles. The Bertz CT molecular complexity index is 1230. The molecule has 0 aliphatic rings. The van der Waals surface area contributed by atoms with Gasteiger partial charge in [-0.3, -0.25) is 4.79 Å². The van der Waals surface area contributed by atoms with E-state index in [1.54, 1.807) is 12.1 Å². The van der Waals surface area contributed by atoms with Gasteiger partial charge in [-0.25, -0.2) is 9.18 Å². The van der Waals surface area contributed by atoms with Crippen molar-refractivity contribution in [2.75, 3.05) is 13.7 Å². The Morgan fingerprint density at radius 2 is 2.06 bits per heavy atom. The SMILES string of the molecule is CC[C@H](C)[C@@H](CO)n1cc(C(=O)O)c(=O)c2cc(Cc3cccc(Cl)c3F)c(OC)nc21. The van der Waals surface area contributed by atoms with Crippen molar-refractivity contribution in [3.63, 3.8) is 0 Å². The van der Waals surface area contributed by atoms with Crippen LogP contribution in [-0.4, -0.2) is 39.5 Å². The van der Waals surface area contributed by atoms with Gasteiger partial charge in [-0.05, 0) is 23.6 Å². The second-order valence-corrected chi connectivity index (χ2v) is 8.04. The van der Waals surface area contributed by atoms with Crippen molar-refractivity contribution in [3.05, 3.63) is 68.2 Å². The van der Waals surface area contributed by atoms with Gasteiger partial charge in [0.05, 0.1) is 30.2 Å². The summed E-state index contributed by atoms with van der Waals surface area (Å²) < 4.78 is 21.4. The van der Waals surface area contributed by atoms with Crippen molar-refractivity contribution in [3.8, 4) is 5.88 Å². The number of halogens is 2. The highest BCUT2D eigenvalue weighted by Crippen LogP contribution is 2.29. The molecule has 3 rings (SSSR count). The summed E-state index contributed by atoms with van der Waals surface area (Å²) in [5, 5.41) is 19.6. The molecule has 2 atom stereocenters. The van der Waals surface area contributed by atoms with Crippen LogP contribution in [0.3, 0.4) is 0 Å². The maximum absolute atomic E-state index is 14.5. The summed E-state index contributed by atoms with van der Waals surface area (Å²) in [6, 6.07) is 5.56. The number of pyridine rings is 2. The normalized spacial score (nSPS) is 13.2. The van der Waals surface area contributed by atoms with E-state index in [4.69, 9.17) is 16.3 Å². The lowest BCUT2D eigenvalue weighted by Crippen LogP contribution is -2.27. The fourth-order valence-electron chi connectivity index (χ4n) is 3.71. The summed E-state index contributed by atoms with van der Waals surface area (Å²) in [4.78, 5) is 29.2. The van der Waals surface area contributed by atoms with Gasteiger partial charge in [-0.1, -0.05) is 44.0 Å². The van der Waals surface area contributed by atoms with Crippen molar-refractivity contribution < 1.29 is 24.1 Å². The molecule has 2 N–H and O–H groups in total. The van der Waals surface area contributed by atoms with E-state index in [1.165, 1.54) is 30.0 Å². The topological polar surface area (TPSA) is 102 Å². The number of ether oxygens (including phenoxy) is 1. The first-order chi connectivity index (χ1) is 15.2. The minimum absolute atomic E-state index is 0.0274. The number of aliphatic hydroxyl groups is 1. The molecule has 0 spiro atoms. The maximum Gasteiger partial charge on any atom is 0.341 e. The molecule has 9 heteroatoms. The summed E-state index contributed by atoms with van der Waals surface area (Å²) in [5.41, 5.74) is -0.291. The second-order valence-electron chi connectivity index (χ2n) is 7.64. The third-order valence-electron chi connectivity index (χ3n) is 5.73. The molecule has 2 aromatic heterocycles. The smallest absolute Gasteiger partial charge is 0.341 e. The molecule has 1 aromatic carbocycles. The van der Waals surface area contributed by atoms with Gasteiger partial charge in [0.25, 0.3) is 0 Å². The van der Waals surface area contributed by atoms with Crippen LogP contribution in [0.2, 0.25) is 5.02 Å². The van der Waals surface area contributed by atoms with E-state index in [2.05, 4.69) is 4.98 Å². The molecule has 7 nitrogen and oxygen atoms in total. The van der Waals surface area contributed by atoms with Gasteiger partial charge in [0.2, 0.25) is 11.3 Å². The van der Waals surface area contributed by atoms with Gasteiger partial charge in [-0.15, -0.1) is 0 Å². The van der Waals surface area contributed by atoms with Crippen LogP contribution < -0.4 is 10.2 Å². The summed E-state index contributed by atoms with van der Waals surface area (Å²) in [7, 11) is 1.40. The molecule has 0 aliphatic carbocycles. The van der Waals surface area contributed by atoms with Crippen LogP contribution in [0.4, 0.5) is 4.39 Å². The number of nitrogens with zero attached hydrogens (tertiary/aromatic N) is 2. The summed E-state index contributed by atoms with van der Waals surface area (Å²) in [5.74, 6) is -1.84. The number of carboxylic acids is 1. The Labute approximate surface area is 189 Å². The lowest BCUT2D eigenvalue weighted by molar-refractivity contribution is 0.0693. The second kappa shape index (κ2) is 9.67. The summed E-state index contributed by atoms with van der Waals surface area (Å²) in [6.07, 6.45) is 1.96. The molecule has 0 unspecified atom stereocenters. The number of fused-ring (bicyclic) bond motifs is 1. The first-order valence-corrected chi connectivity index (χ1v) is 10.5. The van der Waals surface area contributed by atoms with E-state index in [9.17, 15) is 24.2 Å². The molecule has 0 bridgehead atoms. The average Bonchev–Trinajstić information content (AvgIpc) is 2.78. The van der Waals surface area contributed by atoms with Crippen LogP contribution in [-0.2, 0) is 6.42 Å². The maximum atomic E-state index is 14.5. The van der Waals surface area contributed by atoms with Crippen LogP contribution in [0.1, 0.15) is 47.8 Å². The molecule has 0 amide bonds. The van der Waals surface area contributed by atoms with E-state index >= 15 is 0 Å². The molecule has 32 heavy (non-hydrogen) atoms. The van der Waals surface area contributed by atoms with Gasteiger partial charge in [0.15, 0.2) is 0 Å². The first-order valence-electron chi connectivity index (χ1n) is 10.1. The lowest BCUT2D eigenvalue weighted by atomic mass is 9.98. The number of aromatic carboxylic acids is 1. The number of carboxylic acid groups (broad SMARTS) is 1. The minimum atomic E-state index is -1.38. The fourth-order valence-corrected chi connectivity index (χ4v) is 3.90. The predicted octanol–water partition coefficient (Wildman–Crippen LogP) is 4.07. The van der Waals surface area contributed by atoms with Crippen molar-refractivity contribution in [2.24, 2.45) is 5.92 Å². The van der Waals surface area contributed by atoms with Crippen LogP contribution in [0, 0.1) is 11.7 Å². The third-order valence-corrected chi connectivity index (χ3v) is 6.02. The number of aliphatic hydroxyl groups excluding tert-OH is 1. The highest BCUT2D eigenvalue weighted by molar-refractivity contribution is 6.30. The van der Waals surface area contributed by atoms with E-state index in [-0.39, 0.29) is 46.4 Å². The molecule has 0 fully saturated rings. The van der Waals surface area contributed by atoms with Gasteiger partial charge in [0.1, 0.15) is 17.0 Å². The quantitative estimate of drug-likeness (QED) is 0.523. The van der Waals surface area contributed by atoms with Crippen LogP contribution in [0.25, 0.3) is 11.0 Å². The molecule has 0 radical (unpaired) electrons. The predicted molar refractivity (Wildman–Crippen MR) is 119 cm³/mol. The number of methoxy groups -OCH3 is 1. The molecule has 3 aromatic rings. The van der Waals surface area contributed by atoms with Gasteiger partial charge in [0, 0.05) is 18.2 Å². The van der Waals surface area contributed by atoms with Gasteiger partial charge >= 0.3 is 5.97 Å². The van der Waals surface area contributed by atoms with Crippen molar-refractivity contribution >= 4 is 28.6 Å². The summed E-state index contributed by atoms with van der Waals surface area (Å²) >= 11 is 5.88.